The highest BCUT2D eigenvalue weighted by molar-refractivity contribution is 9.10. The second-order valence-corrected chi connectivity index (χ2v) is 6.54. The molecular formula is C16H12Br2N2O. The Morgan fingerprint density at radius 3 is 2.71 bits per heavy atom. The van der Waals surface area contributed by atoms with Gasteiger partial charge in [-0.3, -0.25) is 4.79 Å². The molecule has 0 saturated carbocycles. The second-order valence-electron chi connectivity index (χ2n) is 4.70. The number of carbonyl (C=O) groups is 1. The van der Waals surface area contributed by atoms with Gasteiger partial charge in [0.1, 0.15) is 0 Å². The van der Waals surface area contributed by atoms with Gasteiger partial charge in [0.05, 0.1) is 5.56 Å². The van der Waals surface area contributed by atoms with Gasteiger partial charge < -0.3 is 10.3 Å². The van der Waals surface area contributed by atoms with E-state index in [4.69, 9.17) is 0 Å². The summed E-state index contributed by atoms with van der Waals surface area (Å²) in [6, 6.07) is 13.7. The van der Waals surface area contributed by atoms with Crippen LogP contribution in [0.2, 0.25) is 0 Å². The van der Waals surface area contributed by atoms with E-state index in [9.17, 15) is 4.79 Å². The van der Waals surface area contributed by atoms with Crippen LogP contribution in [-0.4, -0.2) is 10.9 Å². The summed E-state index contributed by atoms with van der Waals surface area (Å²) < 4.78 is 1.99. The van der Waals surface area contributed by atoms with Crippen molar-refractivity contribution in [3.63, 3.8) is 0 Å². The van der Waals surface area contributed by atoms with Crippen molar-refractivity contribution in [3.8, 4) is 0 Å². The minimum atomic E-state index is -0.0800. The van der Waals surface area contributed by atoms with Crippen LogP contribution in [0.5, 0.6) is 0 Å². The van der Waals surface area contributed by atoms with E-state index in [0.29, 0.717) is 12.1 Å². The quantitative estimate of drug-likeness (QED) is 0.653. The summed E-state index contributed by atoms with van der Waals surface area (Å²) in [5.74, 6) is -0.0800. The zero-order valence-corrected chi connectivity index (χ0v) is 14.2. The Morgan fingerprint density at radius 2 is 1.90 bits per heavy atom. The largest absolute Gasteiger partial charge is 0.360 e. The topological polar surface area (TPSA) is 44.9 Å². The van der Waals surface area contributed by atoms with Crippen LogP contribution in [0.3, 0.4) is 0 Å². The first-order valence-corrected chi connectivity index (χ1v) is 8.01. The van der Waals surface area contributed by atoms with Crippen molar-refractivity contribution in [3.05, 3.63) is 68.7 Å². The SMILES string of the molecule is O=C(NCc1cccc(Br)c1)c1c[nH]c2cc(Br)ccc12. The molecule has 0 radical (unpaired) electrons. The molecule has 5 heteroatoms. The van der Waals surface area contributed by atoms with Crippen LogP contribution in [0.4, 0.5) is 0 Å². The van der Waals surface area contributed by atoms with E-state index in [1.807, 2.05) is 42.5 Å². The van der Waals surface area contributed by atoms with Gasteiger partial charge in [0, 0.05) is 32.6 Å². The number of halogens is 2. The predicted molar refractivity (Wildman–Crippen MR) is 91.3 cm³/mol. The van der Waals surface area contributed by atoms with Gasteiger partial charge >= 0.3 is 0 Å². The van der Waals surface area contributed by atoms with Gasteiger partial charge in [0.2, 0.25) is 0 Å². The van der Waals surface area contributed by atoms with E-state index in [1.165, 1.54) is 0 Å². The summed E-state index contributed by atoms with van der Waals surface area (Å²) >= 11 is 6.85. The monoisotopic (exact) mass is 406 g/mol. The first-order valence-electron chi connectivity index (χ1n) is 6.43. The molecule has 106 valence electrons. The van der Waals surface area contributed by atoms with Crippen LogP contribution >= 0.6 is 31.9 Å². The van der Waals surface area contributed by atoms with Crippen molar-refractivity contribution >= 4 is 48.7 Å². The molecule has 0 atom stereocenters. The van der Waals surface area contributed by atoms with Gasteiger partial charge in [-0.25, -0.2) is 0 Å². The normalized spacial score (nSPS) is 10.8. The first kappa shape index (κ1) is 14.4. The van der Waals surface area contributed by atoms with Crippen LogP contribution < -0.4 is 5.32 Å². The molecule has 1 aromatic heterocycles. The third kappa shape index (κ3) is 3.19. The zero-order valence-electron chi connectivity index (χ0n) is 11.0. The molecular weight excluding hydrogens is 396 g/mol. The van der Waals surface area contributed by atoms with Gasteiger partial charge in [0.25, 0.3) is 5.91 Å². The lowest BCUT2D eigenvalue weighted by atomic mass is 10.1. The van der Waals surface area contributed by atoms with Crippen molar-refractivity contribution in [2.45, 2.75) is 6.54 Å². The number of rotatable bonds is 3. The average molecular weight is 408 g/mol. The van der Waals surface area contributed by atoms with Gasteiger partial charge in [0.15, 0.2) is 0 Å². The Morgan fingerprint density at radius 1 is 1.10 bits per heavy atom. The number of nitrogens with one attached hydrogen (secondary N) is 2. The molecule has 2 aromatic carbocycles. The van der Waals surface area contributed by atoms with Crippen molar-refractivity contribution < 1.29 is 4.79 Å². The number of H-pyrrole nitrogens is 1. The number of hydrogen-bond acceptors (Lipinski definition) is 1. The Bertz CT molecular complexity index is 811. The molecule has 0 unspecified atom stereocenters. The molecule has 0 saturated heterocycles. The molecule has 0 aliphatic rings. The van der Waals surface area contributed by atoms with E-state index >= 15 is 0 Å². The maximum atomic E-state index is 12.3. The summed E-state index contributed by atoms with van der Waals surface area (Å²) in [5, 5.41) is 3.87. The molecule has 1 amide bonds. The van der Waals surface area contributed by atoms with Gasteiger partial charge in [-0.1, -0.05) is 50.1 Å². The van der Waals surface area contributed by atoms with Crippen molar-refractivity contribution in [2.75, 3.05) is 0 Å². The standard InChI is InChI=1S/C16H12Br2N2O/c17-11-3-1-2-10(6-11)8-20-16(21)14-9-19-15-7-12(18)4-5-13(14)15/h1-7,9,19H,8H2,(H,20,21). The summed E-state index contributed by atoms with van der Waals surface area (Å²) in [4.78, 5) is 15.4. The number of carbonyl (C=O) groups excluding carboxylic acids is 1. The number of fused-ring (bicyclic) bond motifs is 1. The molecule has 0 bridgehead atoms. The van der Waals surface area contributed by atoms with Crippen LogP contribution in [0.1, 0.15) is 15.9 Å². The van der Waals surface area contributed by atoms with Crippen LogP contribution in [-0.2, 0) is 6.54 Å². The van der Waals surface area contributed by atoms with Gasteiger partial charge in [-0.2, -0.15) is 0 Å². The van der Waals surface area contributed by atoms with Crippen LogP contribution in [0.15, 0.2) is 57.6 Å². The minimum Gasteiger partial charge on any atom is -0.360 e. The maximum absolute atomic E-state index is 12.3. The smallest absolute Gasteiger partial charge is 0.253 e. The number of amides is 1. The van der Waals surface area contributed by atoms with Crippen LogP contribution in [0, 0.1) is 0 Å². The van der Waals surface area contributed by atoms with E-state index < -0.39 is 0 Å². The lowest BCUT2D eigenvalue weighted by molar-refractivity contribution is 0.0952. The van der Waals surface area contributed by atoms with E-state index in [-0.39, 0.29) is 5.91 Å². The predicted octanol–water partition coefficient (Wildman–Crippen LogP) is 4.62. The molecule has 3 aromatic rings. The highest BCUT2D eigenvalue weighted by Crippen LogP contribution is 2.22. The zero-order chi connectivity index (χ0) is 14.8. The average Bonchev–Trinajstić information content (AvgIpc) is 2.88. The Labute approximate surface area is 139 Å². The first-order chi connectivity index (χ1) is 10.1. The van der Waals surface area contributed by atoms with E-state index in [0.717, 1.165) is 25.4 Å². The summed E-state index contributed by atoms with van der Waals surface area (Å²) in [7, 11) is 0. The summed E-state index contributed by atoms with van der Waals surface area (Å²) in [5.41, 5.74) is 2.66. The van der Waals surface area contributed by atoms with Gasteiger partial charge in [-0.05, 0) is 29.8 Å². The Kier molecular flexibility index (Phi) is 4.12. The molecule has 1 heterocycles. The van der Waals surface area contributed by atoms with Crippen molar-refractivity contribution in [2.24, 2.45) is 0 Å². The lowest BCUT2D eigenvalue weighted by Gasteiger charge is -2.05. The highest BCUT2D eigenvalue weighted by Gasteiger charge is 2.11. The third-order valence-corrected chi connectivity index (χ3v) is 4.22. The molecule has 0 spiro atoms. The molecule has 3 nitrogen and oxygen atoms in total. The Hall–Kier alpha value is -1.59. The fourth-order valence-corrected chi connectivity index (χ4v) is 3.02. The fraction of sp³-hybridized carbons (Fsp3) is 0.0625. The lowest BCUT2D eigenvalue weighted by Crippen LogP contribution is -2.22. The second kappa shape index (κ2) is 6.03. The minimum absolute atomic E-state index is 0.0800. The van der Waals surface area contributed by atoms with Crippen molar-refractivity contribution in [1.82, 2.24) is 10.3 Å². The number of aromatic nitrogens is 1. The van der Waals surface area contributed by atoms with Gasteiger partial charge in [-0.15, -0.1) is 0 Å². The molecule has 0 aliphatic carbocycles. The number of benzene rings is 2. The molecule has 2 N–H and O–H groups in total. The van der Waals surface area contributed by atoms with E-state index in [1.54, 1.807) is 6.20 Å². The highest BCUT2D eigenvalue weighted by atomic mass is 79.9. The van der Waals surface area contributed by atoms with E-state index in [2.05, 4.69) is 42.2 Å². The number of hydrogen-bond donors (Lipinski definition) is 2. The molecule has 0 fully saturated rings. The van der Waals surface area contributed by atoms with Crippen molar-refractivity contribution in [1.29, 1.82) is 0 Å². The molecule has 21 heavy (non-hydrogen) atoms. The maximum Gasteiger partial charge on any atom is 0.253 e. The molecule has 3 rings (SSSR count). The summed E-state index contributed by atoms with van der Waals surface area (Å²) in [6.45, 7) is 0.501. The van der Waals surface area contributed by atoms with Crippen LogP contribution in [0.25, 0.3) is 10.9 Å². The third-order valence-electron chi connectivity index (χ3n) is 3.23. The Balaban J connectivity index is 1.78. The summed E-state index contributed by atoms with van der Waals surface area (Å²) in [6.07, 6.45) is 1.74. The molecule has 0 aliphatic heterocycles. The number of aromatic amines is 1. The fourth-order valence-electron chi connectivity index (χ4n) is 2.21.